The van der Waals surface area contributed by atoms with Crippen molar-refractivity contribution in [2.75, 3.05) is 17.2 Å². The maximum atomic E-state index is 5.80. The Bertz CT molecular complexity index is 538. The smallest absolute Gasteiger partial charge is 0.236 e. The molecule has 6 heteroatoms. The van der Waals surface area contributed by atoms with Crippen LogP contribution in [0.1, 0.15) is 12.5 Å². The number of nitrogens with zero attached hydrogens (tertiary/aromatic N) is 4. The van der Waals surface area contributed by atoms with Crippen LogP contribution in [0.4, 0.5) is 17.6 Å². The summed E-state index contributed by atoms with van der Waals surface area (Å²) in [6.07, 6.45) is 0. The summed E-state index contributed by atoms with van der Waals surface area (Å²) in [5.41, 5.74) is 7.75. The molecule has 0 unspecified atom stereocenters. The molecule has 18 heavy (non-hydrogen) atoms. The summed E-state index contributed by atoms with van der Waals surface area (Å²) in [6.45, 7) is 4.76. The van der Waals surface area contributed by atoms with Crippen LogP contribution < -0.4 is 10.6 Å². The van der Waals surface area contributed by atoms with E-state index in [4.69, 9.17) is 17.3 Å². The van der Waals surface area contributed by atoms with Gasteiger partial charge in [0, 0.05) is 12.2 Å². The Morgan fingerprint density at radius 2 is 2.06 bits per heavy atom. The Morgan fingerprint density at radius 3 is 2.67 bits per heavy atom. The predicted molar refractivity (Wildman–Crippen MR) is 73.1 cm³/mol. The van der Waals surface area contributed by atoms with Crippen molar-refractivity contribution in [2.45, 2.75) is 13.8 Å². The number of rotatable bonds is 3. The SMILES string of the molecule is CCN(c1cccc(C)c1)c1nc(N)nc(Cl)n1. The fraction of sp³-hybridized carbons (Fsp3) is 0.250. The largest absolute Gasteiger partial charge is 0.368 e. The quantitative estimate of drug-likeness (QED) is 0.922. The van der Waals surface area contributed by atoms with Crippen LogP contribution in [0.25, 0.3) is 0 Å². The number of aryl methyl sites for hydroxylation is 1. The Hall–Kier alpha value is -1.88. The highest BCUT2D eigenvalue weighted by Gasteiger charge is 2.12. The van der Waals surface area contributed by atoms with Gasteiger partial charge in [-0.1, -0.05) is 12.1 Å². The van der Waals surface area contributed by atoms with Gasteiger partial charge in [-0.3, -0.25) is 0 Å². The van der Waals surface area contributed by atoms with Crippen LogP contribution in [0.5, 0.6) is 0 Å². The first-order valence-corrected chi connectivity index (χ1v) is 5.99. The lowest BCUT2D eigenvalue weighted by Crippen LogP contribution is -2.20. The van der Waals surface area contributed by atoms with E-state index in [1.165, 1.54) is 5.56 Å². The van der Waals surface area contributed by atoms with E-state index in [1.807, 2.05) is 36.9 Å². The van der Waals surface area contributed by atoms with Crippen LogP contribution in [0.3, 0.4) is 0 Å². The molecule has 0 atom stereocenters. The summed E-state index contributed by atoms with van der Waals surface area (Å²) in [6, 6.07) is 8.06. The Balaban J connectivity index is 2.45. The number of aromatic nitrogens is 3. The van der Waals surface area contributed by atoms with Crippen LogP contribution in [0.15, 0.2) is 24.3 Å². The van der Waals surface area contributed by atoms with Gasteiger partial charge in [-0.05, 0) is 43.1 Å². The molecule has 0 aliphatic carbocycles. The number of hydrogen-bond acceptors (Lipinski definition) is 5. The molecular weight excluding hydrogens is 250 g/mol. The molecule has 0 saturated carbocycles. The lowest BCUT2D eigenvalue weighted by atomic mass is 10.2. The Morgan fingerprint density at radius 1 is 1.28 bits per heavy atom. The summed E-state index contributed by atoms with van der Waals surface area (Å²) in [4.78, 5) is 13.9. The fourth-order valence-electron chi connectivity index (χ4n) is 1.71. The monoisotopic (exact) mass is 263 g/mol. The van der Waals surface area contributed by atoms with Crippen LogP contribution in [0, 0.1) is 6.92 Å². The van der Waals surface area contributed by atoms with E-state index in [1.54, 1.807) is 0 Å². The predicted octanol–water partition coefficient (Wildman–Crippen LogP) is 2.57. The summed E-state index contributed by atoms with van der Waals surface area (Å²) in [5.74, 6) is 0.580. The number of hydrogen-bond donors (Lipinski definition) is 1. The van der Waals surface area contributed by atoms with Gasteiger partial charge in [0.1, 0.15) is 0 Å². The van der Waals surface area contributed by atoms with E-state index in [2.05, 4.69) is 21.0 Å². The van der Waals surface area contributed by atoms with Gasteiger partial charge in [0.15, 0.2) is 0 Å². The van der Waals surface area contributed by atoms with Crippen molar-refractivity contribution in [1.82, 2.24) is 15.0 Å². The van der Waals surface area contributed by atoms with E-state index < -0.39 is 0 Å². The molecule has 1 aromatic heterocycles. The summed E-state index contributed by atoms with van der Waals surface area (Å²) >= 11 is 5.80. The molecule has 0 aliphatic heterocycles. The van der Waals surface area contributed by atoms with Gasteiger partial charge in [-0.25, -0.2) is 0 Å². The van der Waals surface area contributed by atoms with Gasteiger partial charge in [0.25, 0.3) is 0 Å². The molecule has 0 bridgehead atoms. The van der Waals surface area contributed by atoms with Gasteiger partial charge in [-0.2, -0.15) is 15.0 Å². The molecule has 0 aliphatic rings. The number of nitrogens with two attached hydrogens (primary N) is 1. The first-order valence-electron chi connectivity index (χ1n) is 5.61. The van der Waals surface area contributed by atoms with Gasteiger partial charge in [0.05, 0.1) is 0 Å². The maximum Gasteiger partial charge on any atom is 0.236 e. The molecule has 0 fully saturated rings. The molecule has 2 rings (SSSR count). The zero-order valence-corrected chi connectivity index (χ0v) is 11.0. The van der Waals surface area contributed by atoms with Gasteiger partial charge >= 0.3 is 0 Å². The molecule has 1 heterocycles. The van der Waals surface area contributed by atoms with Crippen LogP contribution in [0.2, 0.25) is 5.28 Å². The average molecular weight is 264 g/mol. The molecule has 1 aromatic carbocycles. The third-order valence-corrected chi connectivity index (χ3v) is 2.65. The minimum absolute atomic E-state index is 0.101. The first kappa shape index (κ1) is 12.6. The van der Waals surface area contributed by atoms with E-state index in [0.29, 0.717) is 12.5 Å². The summed E-state index contributed by atoms with van der Waals surface area (Å²) in [5, 5.41) is 0.101. The molecule has 0 saturated heterocycles. The van der Waals surface area contributed by atoms with Crippen molar-refractivity contribution in [1.29, 1.82) is 0 Å². The molecule has 5 nitrogen and oxygen atoms in total. The number of anilines is 3. The van der Waals surface area contributed by atoms with E-state index in [-0.39, 0.29) is 11.2 Å². The summed E-state index contributed by atoms with van der Waals surface area (Å²) < 4.78 is 0. The van der Waals surface area contributed by atoms with Gasteiger partial charge < -0.3 is 10.6 Å². The third kappa shape index (κ3) is 2.68. The Labute approximate surface area is 111 Å². The molecule has 2 N–H and O–H groups in total. The maximum absolute atomic E-state index is 5.80. The average Bonchev–Trinajstić information content (AvgIpc) is 2.28. The second-order valence-electron chi connectivity index (χ2n) is 3.85. The van der Waals surface area contributed by atoms with E-state index in [0.717, 1.165) is 5.69 Å². The topological polar surface area (TPSA) is 67.9 Å². The van der Waals surface area contributed by atoms with Crippen LogP contribution >= 0.6 is 11.6 Å². The molecule has 2 aromatic rings. The highest BCUT2D eigenvalue weighted by Crippen LogP contribution is 2.23. The van der Waals surface area contributed by atoms with Crippen molar-refractivity contribution in [2.24, 2.45) is 0 Å². The second kappa shape index (κ2) is 5.18. The lowest BCUT2D eigenvalue weighted by molar-refractivity contribution is 0.926. The number of halogens is 1. The van der Waals surface area contributed by atoms with E-state index in [9.17, 15) is 0 Å². The second-order valence-corrected chi connectivity index (χ2v) is 4.18. The van der Waals surface area contributed by atoms with Crippen molar-refractivity contribution >= 4 is 29.2 Å². The third-order valence-electron chi connectivity index (χ3n) is 2.48. The zero-order chi connectivity index (χ0) is 13.1. The highest BCUT2D eigenvalue weighted by molar-refractivity contribution is 6.28. The summed E-state index contributed by atoms with van der Waals surface area (Å²) in [7, 11) is 0. The normalized spacial score (nSPS) is 10.4. The van der Waals surface area contributed by atoms with Crippen molar-refractivity contribution < 1.29 is 0 Å². The number of benzene rings is 1. The van der Waals surface area contributed by atoms with Crippen molar-refractivity contribution in [3.8, 4) is 0 Å². The van der Waals surface area contributed by atoms with Gasteiger partial charge in [0.2, 0.25) is 17.2 Å². The number of nitrogen functional groups attached to an aromatic ring is 1. The fourth-order valence-corrected chi connectivity index (χ4v) is 1.87. The molecule has 94 valence electrons. The van der Waals surface area contributed by atoms with E-state index >= 15 is 0 Å². The highest BCUT2D eigenvalue weighted by atomic mass is 35.5. The molecular formula is C12H14ClN5. The van der Waals surface area contributed by atoms with Crippen molar-refractivity contribution in [3.63, 3.8) is 0 Å². The lowest BCUT2D eigenvalue weighted by Gasteiger charge is -2.21. The van der Waals surface area contributed by atoms with Gasteiger partial charge in [-0.15, -0.1) is 0 Å². The zero-order valence-electron chi connectivity index (χ0n) is 10.3. The standard InChI is InChI=1S/C12H14ClN5/c1-3-18(9-6-4-5-8(2)7-9)12-16-10(13)15-11(14)17-12/h4-7H,3H2,1-2H3,(H2,14,15,16,17). The molecule has 0 amide bonds. The molecule has 0 spiro atoms. The minimum atomic E-state index is 0.101. The first-order chi connectivity index (χ1) is 8.60. The minimum Gasteiger partial charge on any atom is -0.368 e. The Kier molecular flexibility index (Phi) is 3.62. The van der Waals surface area contributed by atoms with Crippen molar-refractivity contribution in [3.05, 3.63) is 35.1 Å². The molecule has 0 radical (unpaired) electrons. The van der Waals surface area contributed by atoms with Crippen LogP contribution in [-0.4, -0.2) is 21.5 Å². The van der Waals surface area contributed by atoms with Crippen LogP contribution in [-0.2, 0) is 0 Å².